The van der Waals surface area contributed by atoms with E-state index in [1.54, 1.807) is 31.6 Å². The van der Waals surface area contributed by atoms with Gasteiger partial charge in [0.2, 0.25) is 0 Å². The van der Waals surface area contributed by atoms with Gasteiger partial charge in [-0.25, -0.2) is 4.79 Å². The number of methoxy groups -OCH3 is 2. The standard InChI is InChI=1S/C24H35NO5.C19H27NO3/c1-23(2,3)30-22(26)25-14-8-10-19(17-25)24(27,13-5-6-15-28-4)20-11-7-9-18-12-16-29-21(18)20;1-22-12-3-2-10-19(21,16-7-5-11-20-14-16)17-8-4-6-15-9-13-23-18(15)17/h7,9,11-12,16,19,27H,5-6,8,10,13-15,17H2,1-4H3;4,6,8-9,13,16,20-21H,2-3,5,7,10-12,14H2,1H3/t19-,24+;16-,19+/m11/s1. The van der Waals surface area contributed by atoms with Gasteiger partial charge in [0, 0.05) is 80.8 Å². The third kappa shape index (κ3) is 10.2. The molecule has 4 heterocycles. The fourth-order valence-corrected chi connectivity index (χ4v) is 8.19. The van der Waals surface area contributed by atoms with Gasteiger partial charge in [-0.1, -0.05) is 36.4 Å². The first-order valence-corrected chi connectivity index (χ1v) is 19.5. The number of likely N-dealkylation sites (tertiary alicyclic amines) is 1. The van der Waals surface area contributed by atoms with Gasteiger partial charge in [-0.15, -0.1) is 0 Å². The largest absolute Gasteiger partial charge is 0.464 e. The quantitative estimate of drug-likeness (QED) is 0.109. The van der Waals surface area contributed by atoms with Gasteiger partial charge in [-0.2, -0.15) is 0 Å². The van der Waals surface area contributed by atoms with E-state index >= 15 is 0 Å². The fourth-order valence-electron chi connectivity index (χ4n) is 8.19. The molecule has 10 nitrogen and oxygen atoms in total. The Morgan fingerprint density at radius 1 is 0.792 bits per heavy atom. The maximum absolute atomic E-state index is 12.7. The highest BCUT2D eigenvalue weighted by Gasteiger charge is 2.43. The summed E-state index contributed by atoms with van der Waals surface area (Å²) in [7, 11) is 3.41. The molecular formula is C43H62N2O8. The first kappa shape index (κ1) is 40.8. The fraction of sp³-hybridized carbons (Fsp3) is 0.605. The number of amides is 1. The van der Waals surface area contributed by atoms with Crippen LogP contribution in [0.2, 0.25) is 0 Å². The summed E-state index contributed by atoms with van der Waals surface area (Å²) in [5.41, 5.74) is 0.808. The minimum Gasteiger partial charge on any atom is -0.464 e. The van der Waals surface area contributed by atoms with E-state index in [4.69, 9.17) is 23.0 Å². The Bertz CT molecular complexity index is 1700. The minimum absolute atomic E-state index is 0.1000. The maximum Gasteiger partial charge on any atom is 0.410 e. The number of carbonyl (C=O) groups is 1. The molecule has 2 saturated heterocycles. The van der Waals surface area contributed by atoms with Gasteiger partial charge in [-0.05, 0) is 104 Å². The Kier molecular flexibility index (Phi) is 14.4. The normalized spacial score (nSPS) is 20.4. The molecule has 10 heteroatoms. The number of carbonyl (C=O) groups excluding carboxylic acids is 1. The first-order chi connectivity index (χ1) is 25.5. The molecule has 0 saturated carbocycles. The lowest BCUT2D eigenvalue weighted by molar-refractivity contribution is -0.0637. The molecule has 0 radical (unpaired) electrons. The summed E-state index contributed by atoms with van der Waals surface area (Å²) >= 11 is 0. The third-order valence-electron chi connectivity index (χ3n) is 10.9. The molecular weight excluding hydrogens is 672 g/mol. The molecule has 4 aromatic rings. The van der Waals surface area contributed by atoms with Crippen molar-refractivity contribution in [3.05, 3.63) is 72.2 Å². The van der Waals surface area contributed by atoms with Crippen LogP contribution in [0.3, 0.4) is 0 Å². The molecule has 0 unspecified atom stereocenters. The lowest BCUT2D eigenvalue weighted by atomic mass is 9.73. The summed E-state index contributed by atoms with van der Waals surface area (Å²) < 4.78 is 27.4. The van der Waals surface area contributed by atoms with Crippen LogP contribution in [0, 0.1) is 11.8 Å². The number of ether oxygens (including phenoxy) is 3. The van der Waals surface area contributed by atoms with Crippen LogP contribution < -0.4 is 5.32 Å². The number of benzene rings is 2. The Hall–Kier alpha value is -3.41. The van der Waals surface area contributed by atoms with E-state index < -0.39 is 16.8 Å². The Labute approximate surface area is 315 Å². The van der Waals surface area contributed by atoms with Crippen LogP contribution in [0.25, 0.3) is 21.9 Å². The van der Waals surface area contributed by atoms with Crippen LogP contribution in [0.15, 0.2) is 69.9 Å². The number of nitrogens with one attached hydrogen (secondary N) is 1. The zero-order chi connectivity index (χ0) is 37.9. The molecule has 0 spiro atoms. The molecule has 2 aliphatic rings. The second-order valence-electron chi connectivity index (χ2n) is 15.8. The van der Waals surface area contributed by atoms with Gasteiger partial charge >= 0.3 is 6.09 Å². The van der Waals surface area contributed by atoms with Crippen molar-refractivity contribution in [2.24, 2.45) is 11.8 Å². The Morgan fingerprint density at radius 2 is 1.34 bits per heavy atom. The number of rotatable bonds is 14. The highest BCUT2D eigenvalue weighted by atomic mass is 16.6. The molecule has 4 atom stereocenters. The van der Waals surface area contributed by atoms with Crippen LogP contribution in [-0.2, 0) is 25.4 Å². The SMILES string of the molecule is COCCCC[C@@](O)(c1cccc2ccoc12)[C@@H]1CCCN(C(=O)OC(C)(C)C)C1.COCCCC[C@@](O)(c1cccc2ccoc12)[C@@H]1CCCNC1. The molecule has 2 aromatic carbocycles. The van der Waals surface area contributed by atoms with Crippen molar-refractivity contribution in [2.75, 3.05) is 53.6 Å². The zero-order valence-corrected chi connectivity index (χ0v) is 32.5. The van der Waals surface area contributed by atoms with Gasteiger partial charge in [0.25, 0.3) is 0 Å². The topological polar surface area (TPSA) is 127 Å². The van der Waals surface area contributed by atoms with Gasteiger partial charge in [0.15, 0.2) is 0 Å². The summed E-state index contributed by atoms with van der Waals surface area (Å²) in [5.74, 6) is 0.117. The van der Waals surface area contributed by atoms with Crippen molar-refractivity contribution in [3.8, 4) is 0 Å². The molecule has 2 fully saturated rings. The lowest BCUT2D eigenvalue weighted by Gasteiger charge is -2.43. The molecule has 292 valence electrons. The van der Waals surface area contributed by atoms with Crippen LogP contribution in [0.4, 0.5) is 4.79 Å². The number of nitrogens with zero attached hydrogens (tertiary/aromatic N) is 1. The van der Waals surface area contributed by atoms with E-state index in [0.717, 1.165) is 111 Å². The number of unbranched alkanes of at least 4 members (excludes halogenated alkanes) is 2. The summed E-state index contributed by atoms with van der Waals surface area (Å²) in [6.07, 6.45) is 11.8. The predicted molar refractivity (Wildman–Crippen MR) is 208 cm³/mol. The van der Waals surface area contributed by atoms with Crippen molar-refractivity contribution in [1.82, 2.24) is 10.2 Å². The number of furan rings is 2. The summed E-state index contributed by atoms with van der Waals surface area (Å²) in [5, 5.41) is 29.2. The summed E-state index contributed by atoms with van der Waals surface area (Å²) in [6, 6.07) is 15.9. The predicted octanol–water partition coefficient (Wildman–Crippen LogP) is 8.52. The van der Waals surface area contributed by atoms with Crippen molar-refractivity contribution in [3.63, 3.8) is 0 Å². The number of para-hydroxylation sites is 2. The zero-order valence-electron chi connectivity index (χ0n) is 32.5. The Morgan fingerprint density at radius 3 is 1.85 bits per heavy atom. The minimum atomic E-state index is -1.09. The van der Waals surface area contributed by atoms with E-state index in [9.17, 15) is 15.0 Å². The first-order valence-electron chi connectivity index (χ1n) is 19.5. The van der Waals surface area contributed by atoms with E-state index in [1.165, 1.54) is 0 Å². The molecule has 6 rings (SSSR count). The average Bonchev–Trinajstić information content (AvgIpc) is 3.85. The van der Waals surface area contributed by atoms with Crippen LogP contribution in [-0.4, -0.2) is 80.4 Å². The lowest BCUT2D eigenvalue weighted by Crippen LogP contribution is -2.49. The average molecular weight is 735 g/mol. The van der Waals surface area contributed by atoms with Gasteiger partial charge in [-0.3, -0.25) is 0 Å². The third-order valence-corrected chi connectivity index (χ3v) is 10.9. The van der Waals surface area contributed by atoms with Crippen molar-refractivity contribution >= 4 is 28.0 Å². The second kappa shape index (κ2) is 18.8. The van der Waals surface area contributed by atoms with Crippen LogP contribution in [0.1, 0.15) is 96.1 Å². The van der Waals surface area contributed by atoms with Crippen molar-refractivity contribution in [2.45, 2.75) is 102 Å². The number of piperidine rings is 2. The summed E-state index contributed by atoms with van der Waals surface area (Å²) in [6.45, 7) is 10.0. The van der Waals surface area contributed by atoms with Crippen molar-refractivity contribution in [1.29, 1.82) is 0 Å². The molecule has 2 aromatic heterocycles. The number of aliphatic hydroxyl groups is 2. The van der Waals surface area contributed by atoms with E-state index in [0.29, 0.717) is 26.1 Å². The highest BCUT2D eigenvalue weighted by molar-refractivity contribution is 5.82. The number of hydrogen-bond donors (Lipinski definition) is 3. The molecule has 0 aliphatic carbocycles. The van der Waals surface area contributed by atoms with Gasteiger partial charge in [0.1, 0.15) is 16.8 Å². The smallest absolute Gasteiger partial charge is 0.410 e. The number of fused-ring (bicyclic) bond motifs is 2. The Balaban J connectivity index is 0.000000211. The molecule has 0 bridgehead atoms. The molecule has 1 amide bonds. The summed E-state index contributed by atoms with van der Waals surface area (Å²) in [4.78, 5) is 14.4. The van der Waals surface area contributed by atoms with Gasteiger partial charge < -0.3 is 43.5 Å². The maximum atomic E-state index is 12.7. The van der Waals surface area contributed by atoms with E-state index in [1.807, 2.05) is 69.3 Å². The van der Waals surface area contributed by atoms with Gasteiger partial charge in [0.05, 0.1) is 23.7 Å². The van der Waals surface area contributed by atoms with Crippen LogP contribution >= 0.6 is 0 Å². The van der Waals surface area contributed by atoms with E-state index in [2.05, 4.69) is 5.32 Å². The van der Waals surface area contributed by atoms with Crippen LogP contribution in [0.5, 0.6) is 0 Å². The molecule has 53 heavy (non-hydrogen) atoms. The molecule has 2 aliphatic heterocycles. The monoisotopic (exact) mass is 734 g/mol. The highest BCUT2D eigenvalue weighted by Crippen LogP contribution is 2.44. The number of hydrogen-bond acceptors (Lipinski definition) is 9. The second-order valence-corrected chi connectivity index (χ2v) is 15.8. The molecule has 3 N–H and O–H groups in total. The van der Waals surface area contributed by atoms with E-state index in [-0.39, 0.29) is 17.9 Å². The van der Waals surface area contributed by atoms with Crippen molar-refractivity contribution < 1.29 is 38.1 Å².